The molecule has 2 atom stereocenters. The molecule has 2 rings (SSSR count). The van der Waals surface area contributed by atoms with Crippen LogP contribution in [0.3, 0.4) is 0 Å². The van der Waals surface area contributed by atoms with E-state index < -0.39 is 0 Å². The smallest absolute Gasteiger partial charge is 0.122 e. The summed E-state index contributed by atoms with van der Waals surface area (Å²) in [5.74, 6) is 0.985. The minimum absolute atomic E-state index is 0.140. The molecule has 1 fully saturated rings. The van der Waals surface area contributed by atoms with E-state index in [4.69, 9.17) is 4.74 Å². The highest BCUT2D eigenvalue weighted by Gasteiger charge is 2.39. The number of aliphatic hydroxyl groups excluding tert-OH is 1. The summed E-state index contributed by atoms with van der Waals surface area (Å²) in [6.45, 7) is 7.47. The number of benzene rings is 1. The van der Waals surface area contributed by atoms with Crippen molar-refractivity contribution in [2.24, 2.45) is 0 Å². The van der Waals surface area contributed by atoms with Crippen LogP contribution in [0.4, 0.5) is 0 Å². The molecule has 2 N–H and O–H groups in total. The predicted molar refractivity (Wildman–Crippen MR) is 82.3 cm³/mol. The molecule has 3 heteroatoms. The van der Waals surface area contributed by atoms with Gasteiger partial charge in [0.05, 0.1) is 6.61 Å². The Bertz CT molecular complexity index is 447. The molecule has 112 valence electrons. The first-order chi connectivity index (χ1) is 9.58. The first kappa shape index (κ1) is 15.3. The molecule has 1 aromatic rings. The van der Waals surface area contributed by atoms with Gasteiger partial charge in [-0.15, -0.1) is 0 Å². The summed E-state index contributed by atoms with van der Waals surface area (Å²) in [4.78, 5) is 0. The van der Waals surface area contributed by atoms with Crippen molar-refractivity contribution < 1.29 is 9.84 Å². The third kappa shape index (κ3) is 3.53. The van der Waals surface area contributed by atoms with Gasteiger partial charge in [0.2, 0.25) is 0 Å². The number of hydrogen-bond acceptors (Lipinski definition) is 3. The van der Waals surface area contributed by atoms with E-state index in [1.165, 1.54) is 11.1 Å². The second kappa shape index (κ2) is 6.59. The maximum Gasteiger partial charge on any atom is 0.122 e. The van der Waals surface area contributed by atoms with E-state index >= 15 is 0 Å². The maximum absolute atomic E-state index is 9.71. The van der Waals surface area contributed by atoms with E-state index in [1.807, 2.05) is 0 Å². The quantitative estimate of drug-likeness (QED) is 0.840. The molecule has 0 aromatic heterocycles. The normalized spacial score (nSPS) is 25.9. The van der Waals surface area contributed by atoms with Crippen molar-refractivity contribution in [3.05, 3.63) is 29.3 Å². The molecule has 1 saturated carbocycles. The minimum atomic E-state index is -0.140. The molecule has 3 nitrogen and oxygen atoms in total. The van der Waals surface area contributed by atoms with Gasteiger partial charge in [0, 0.05) is 12.0 Å². The summed E-state index contributed by atoms with van der Waals surface area (Å²) in [5, 5.41) is 13.2. The summed E-state index contributed by atoms with van der Waals surface area (Å²) < 4.78 is 6.17. The summed E-state index contributed by atoms with van der Waals surface area (Å²) in [7, 11) is 0. The average Bonchev–Trinajstić information content (AvgIpc) is 2.85. The minimum Gasteiger partial charge on any atom is -0.490 e. The van der Waals surface area contributed by atoms with Crippen LogP contribution in [0.2, 0.25) is 0 Å². The highest BCUT2D eigenvalue weighted by molar-refractivity contribution is 5.36. The molecule has 0 spiro atoms. The van der Waals surface area contributed by atoms with Crippen molar-refractivity contribution in [3.8, 4) is 5.75 Å². The van der Waals surface area contributed by atoms with Gasteiger partial charge < -0.3 is 15.2 Å². The Balaban J connectivity index is 2.00. The highest BCUT2D eigenvalue weighted by atomic mass is 16.5. The number of nitrogens with one attached hydrogen (secondary N) is 1. The number of hydrogen-bond donors (Lipinski definition) is 2. The summed E-state index contributed by atoms with van der Waals surface area (Å²) >= 11 is 0. The van der Waals surface area contributed by atoms with E-state index in [9.17, 15) is 5.11 Å². The Labute approximate surface area is 122 Å². The van der Waals surface area contributed by atoms with E-state index in [-0.39, 0.29) is 18.2 Å². The van der Waals surface area contributed by atoms with E-state index in [2.05, 4.69) is 44.3 Å². The van der Waals surface area contributed by atoms with Gasteiger partial charge in [-0.05, 0) is 56.8 Å². The third-order valence-electron chi connectivity index (χ3n) is 4.25. The Morgan fingerprint density at radius 2 is 2.20 bits per heavy atom. The Kier molecular flexibility index (Phi) is 5.06. The zero-order valence-electron chi connectivity index (χ0n) is 12.9. The van der Waals surface area contributed by atoms with Crippen molar-refractivity contribution in [2.45, 2.75) is 58.1 Å². The summed E-state index contributed by atoms with van der Waals surface area (Å²) in [6, 6.07) is 6.32. The fourth-order valence-corrected chi connectivity index (χ4v) is 2.94. The lowest BCUT2D eigenvalue weighted by atomic mass is 9.98. The number of ether oxygens (including phenoxy) is 1. The van der Waals surface area contributed by atoms with Crippen LogP contribution in [0, 0.1) is 13.8 Å². The molecule has 2 unspecified atom stereocenters. The molecule has 0 saturated heterocycles. The van der Waals surface area contributed by atoms with Crippen molar-refractivity contribution in [3.63, 3.8) is 0 Å². The van der Waals surface area contributed by atoms with Crippen LogP contribution in [0.25, 0.3) is 0 Å². The first-order valence-electron chi connectivity index (χ1n) is 7.68. The average molecular weight is 277 g/mol. The van der Waals surface area contributed by atoms with Crippen molar-refractivity contribution >= 4 is 0 Å². The fourth-order valence-electron chi connectivity index (χ4n) is 2.94. The first-order valence-corrected chi connectivity index (χ1v) is 7.68. The molecule has 0 radical (unpaired) electrons. The number of rotatable bonds is 6. The van der Waals surface area contributed by atoms with Crippen molar-refractivity contribution in [1.29, 1.82) is 0 Å². The van der Waals surface area contributed by atoms with Gasteiger partial charge >= 0.3 is 0 Å². The third-order valence-corrected chi connectivity index (χ3v) is 4.25. The Hall–Kier alpha value is -1.06. The van der Waals surface area contributed by atoms with Gasteiger partial charge in [-0.2, -0.15) is 0 Å². The van der Waals surface area contributed by atoms with Gasteiger partial charge in [0.15, 0.2) is 0 Å². The predicted octanol–water partition coefficient (Wildman–Crippen LogP) is 2.97. The molecule has 20 heavy (non-hydrogen) atoms. The molecular formula is C17H27NO2. The van der Waals surface area contributed by atoms with Crippen molar-refractivity contribution in [1.82, 2.24) is 5.32 Å². The molecular weight excluding hydrogens is 250 g/mol. The molecule has 0 amide bonds. The number of aryl methyl sites for hydroxylation is 2. The molecule has 1 aromatic carbocycles. The van der Waals surface area contributed by atoms with E-state index in [0.29, 0.717) is 0 Å². The number of aliphatic hydroxyl groups is 1. The summed E-state index contributed by atoms with van der Waals surface area (Å²) in [5.41, 5.74) is 2.26. The van der Waals surface area contributed by atoms with Gasteiger partial charge in [0.1, 0.15) is 11.9 Å². The molecule has 0 aliphatic heterocycles. The molecule has 1 aliphatic carbocycles. The molecule has 0 heterocycles. The Morgan fingerprint density at radius 1 is 1.40 bits per heavy atom. The Morgan fingerprint density at radius 3 is 2.90 bits per heavy atom. The zero-order chi connectivity index (χ0) is 14.6. The van der Waals surface area contributed by atoms with Crippen LogP contribution < -0.4 is 10.1 Å². The fraction of sp³-hybridized carbons (Fsp3) is 0.647. The molecule has 1 aliphatic rings. The second-order valence-electron chi connectivity index (χ2n) is 6.12. The summed E-state index contributed by atoms with van der Waals surface area (Å²) in [6.07, 6.45) is 4.16. The van der Waals surface area contributed by atoms with Gasteiger partial charge in [-0.3, -0.25) is 0 Å². The lowest BCUT2D eigenvalue weighted by Gasteiger charge is -2.28. The van der Waals surface area contributed by atoms with Crippen LogP contribution >= 0.6 is 0 Å². The monoisotopic (exact) mass is 277 g/mol. The second-order valence-corrected chi connectivity index (χ2v) is 6.12. The molecule has 0 bridgehead atoms. The van der Waals surface area contributed by atoms with Crippen LogP contribution in [-0.2, 0) is 0 Å². The van der Waals surface area contributed by atoms with Crippen LogP contribution in [0.5, 0.6) is 5.75 Å². The maximum atomic E-state index is 9.71. The lowest BCUT2D eigenvalue weighted by Crippen LogP contribution is -2.47. The van der Waals surface area contributed by atoms with Crippen molar-refractivity contribution in [2.75, 3.05) is 13.2 Å². The topological polar surface area (TPSA) is 41.5 Å². The van der Waals surface area contributed by atoms with E-state index in [1.54, 1.807) is 0 Å². The van der Waals surface area contributed by atoms with Gasteiger partial charge in [-0.1, -0.05) is 19.1 Å². The van der Waals surface area contributed by atoms with E-state index in [0.717, 1.165) is 38.0 Å². The SMILES string of the molecule is CCCNC1(CO)CCC(Oc2cc(C)ccc2C)C1. The van der Waals surface area contributed by atoms with Crippen LogP contribution in [0.15, 0.2) is 18.2 Å². The highest BCUT2D eigenvalue weighted by Crippen LogP contribution is 2.33. The lowest BCUT2D eigenvalue weighted by molar-refractivity contribution is 0.140. The van der Waals surface area contributed by atoms with Crippen LogP contribution in [0.1, 0.15) is 43.7 Å². The van der Waals surface area contributed by atoms with Gasteiger partial charge in [-0.25, -0.2) is 0 Å². The van der Waals surface area contributed by atoms with Crippen LogP contribution in [-0.4, -0.2) is 29.9 Å². The largest absolute Gasteiger partial charge is 0.490 e. The van der Waals surface area contributed by atoms with Gasteiger partial charge in [0.25, 0.3) is 0 Å². The zero-order valence-corrected chi connectivity index (χ0v) is 12.9. The standard InChI is InChI=1S/C17H27NO2/c1-4-9-18-17(12-19)8-7-15(11-17)20-16-10-13(2)5-6-14(16)3/h5-6,10,15,18-19H,4,7-9,11-12H2,1-3H3.